The number of carbonyl (C=O) groups is 3. The van der Waals surface area contributed by atoms with E-state index >= 15 is 0 Å². The van der Waals surface area contributed by atoms with Gasteiger partial charge in [-0.15, -0.1) is 0 Å². The van der Waals surface area contributed by atoms with Crippen LogP contribution in [-0.4, -0.2) is 97.9 Å². The Labute approximate surface area is 191 Å². The molecular formula is C24H36N4O4. The third-order valence-corrected chi connectivity index (χ3v) is 6.44. The molecule has 1 aromatic rings. The highest BCUT2D eigenvalue weighted by molar-refractivity contribution is 5.80. The van der Waals surface area contributed by atoms with Gasteiger partial charge in [-0.25, -0.2) is 4.79 Å². The summed E-state index contributed by atoms with van der Waals surface area (Å²) in [4.78, 5) is 45.1. The molecule has 0 radical (unpaired) electrons. The SMILES string of the molecule is COc1ccc(CCC(=O)N2CCCN(C(=O)C3CCN(C(=O)N(C)C)CC3)CC2)cc1. The first-order valence-corrected chi connectivity index (χ1v) is 11.5. The van der Waals surface area contributed by atoms with Crippen LogP contribution in [0.5, 0.6) is 5.75 Å². The van der Waals surface area contributed by atoms with E-state index in [4.69, 9.17) is 4.74 Å². The summed E-state index contributed by atoms with van der Waals surface area (Å²) in [6.45, 7) is 3.81. The molecule has 3 rings (SSSR count). The van der Waals surface area contributed by atoms with Crippen molar-refractivity contribution in [2.45, 2.75) is 32.1 Å². The summed E-state index contributed by atoms with van der Waals surface area (Å²) < 4.78 is 5.18. The molecule has 0 aliphatic carbocycles. The van der Waals surface area contributed by atoms with Crippen LogP contribution < -0.4 is 4.74 Å². The predicted octanol–water partition coefficient (Wildman–Crippen LogP) is 2.08. The van der Waals surface area contributed by atoms with E-state index < -0.39 is 0 Å². The fourth-order valence-electron chi connectivity index (χ4n) is 4.45. The minimum atomic E-state index is -0.0291. The van der Waals surface area contributed by atoms with Crippen molar-refractivity contribution in [2.24, 2.45) is 5.92 Å². The first kappa shape index (κ1) is 23.9. The molecule has 0 saturated carbocycles. The summed E-state index contributed by atoms with van der Waals surface area (Å²) in [6, 6.07) is 7.82. The smallest absolute Gasteiger partial charge is 0.319 e. The van der Waals surface area contributed by atoms with Crippen LogP contribution in [0.1, 0.15) is 31.2 Å². The van der Waals surface area contributed by atoms with Crippen molar-refractivity contribution in [1.29, 1.82) is 0 Å². The van der Waals surface area contributed by atoms with Gasteiger partial charge in [-0.1, -0.05) is 12.1 Å². The molecule has 2 fully saturated rings. The van der Waals surface area contributed by atoms with E-state index in [9.17, 15) is 14.4 Å². The second kappa shape index (κ2) is 11.2. The van der Waals surface area contributed by atoms with Crippen LogP contribution in [-0.2, 0) is 16.0 Å². The number of rotatable bonds is 5. The Kier molecular flexibility index (Phi) is 8.36. The van der Waals surface area contributed by atoms with Crippen LogP contribution >= 0.6 is 0 Å². The molecule has 4 amide bonds. The van der Waals surface area contributed by atoms with Crippen molar-refractivity contribution in [3.63, 3.8) is 0 Å². The summed E-state index contributed by atoms with van der Waals surface area (Å²) >= 11 is 0. The van der Waals surface area contributed by atoms with Crippen LogP contribution in [0.3, 0.4) is 0 Å². The van der Waals surface area contributed by atoms with E-state index in [1.165, 1.54) is 0 Å². The molecule has 2 heterocycles. The van der Waals surface area contributed by atoms with Gasteiger partial charge in [0, 0.05) is 65.7 Å². The van der Waals surface area contributed by atoms with E-state index in [1.54, 1.807) is 26.1 Å². The number of hydrogen-bond donors (Lipinski definition) is 0. The fourth-order valence-corrected chi connectivity index (χ4v) is 4.45. The van der Waals surface area contributed by atoms with Gasteiger partial charge >= 0.3 is 6.03 Å². The van der Waals surface area contributed by atoms with Crippen molar-refractivity contribution in [3.05, 3.63) is 29.8 Å². The number of carbonyl (C=O) groups excluding carboxylic acids is 3. The lowest BCUT2D eigenvalue weighted by Gasteiger charge is -2.35. The number of likely N-dealkylation sites (tertiary alicyclic amines) is 1. The maximum absolute atomic E-state index is 13.1. The Morgan fingerprint density at radius 1 is 0.906 bits per heavy atom. The summed E-state index contributed by atoms with van der Waals surface area (Å²) in [5.41, 5.74) is 1.12. The molecule has 2 aliphatic heterocycles. The van der Waals surface area contributed by atoms with Gasteiger partial charge in [0.15, 0.2) is 0 Å². The van der Waals surface area contributed by atoms with Gasteiger partial charge in [0.2, 0.25) is 11.8 Å². The van der Waals surface area contributed by atoms with Crippen LogP contribution in [0.15, 0.2) is 24.3 Å². The van der Waals surface area contributed by atoms with Crippen molar-refractivity contribution < 1.29 is 19.1 Å². The van der Waals surface area contributed by atoms with Gasteiger partial charge in [-0.2, -0.15) is 0 Å². The zero-order valence-corrected chi connectivity index (χ0v) is 19.6. The Morgan fingerprint density at radius 3 is 2.16 bits per heavy atom. The minimum Gasteiger partial charge on any atom is -0.497 e. The lowest BCUT2D eigenvalue weighted by Crippen LogP contribution is -2.47. The number of aryl methyl sites for hydroxylation is 1. The lowest BCUT2D eigenvalue weighted by molar-refractivity contribution is -0.137. The van der Waals surface area contributed by atoms with Crippen molar-refractivity contribution >= 4 is 17.8 Å². The van der Waals surface area contributed by atoms with Gasteiger partial charge in [0.05, 0.1) is 7.11 Å². The van der Waals surface area contributed by atoms with E-state index in [2.05, 4.69) is 0 Å². The molecule has 8 heteroatoms. The first-order chi connectivity index (χ1) is 15.4. The van der Waals surface area contributed by atoms with E-state index in [0.717, 1.165) is 17.7 Å². The second-order valence-electron chi connectivity index (χ2n) is 8.85. The molecule has 32 heavy (non-hydrogen) atoms. The number of methoxy groups -OCH3 is 1. The minimum absolute atomic E-state index is 0.00876. The van der Waals surface area contributed by atoms with Gasteiger partial charge in [0.25, 0.3) is 0 Å². The third-order valence-electron chi connectivity index (χ3n) is 6.44. The van der Waals surface area contributed by atoms with Crippen molar-refractivity contribution in [2.75, 3.05) is 60.5 Å². The average molecular weight is 445 g/mol. The molecule has 0 unspecified atom stereocenters. The van der Waals surface area contributed by atoms with Crippen LogP contribution in [0.25, 0.3) is 0 Å². The van der Waals surface area contributed by atoms with Gasteiger partial charge in [-0.3, -0.25) is 9.59 Å². The molecule has 0 bridgehead atoms. The second-order valence-corrected chi connectivity index (χ2v) is 8.85. The molecule has 0 spiro atoms. The molecular weight excluding hydrogens is 408 g/mol. The number of piperidine rings is 1. The highest BCUT2D eigenvalue weighted by Crippen LogP contribution is 2.21. The zero-order chi connectivity index (χ0) is 23.1. The Bertz CT molecular complexity index is 788. The van der Waals surface area contributed by atoms with Crippen LogP contribution in [0.4, 0.5) is 4.79 Å². The predicted molar refractivity (Wildman–Crippen MR) is 122 cm³/mol. The van der Waals surface area contributed by atoms with Crippen molar-refractivity contribution in [3.8, 4) is 5.75 Å². The maximum atomic E-state index is 13.1. The van der Waals surface area contributed by atoms with Gasteiger partial charge in [-0.05, 0) is 43.4 Å². The quantitative estimate of drug-likeness (QED) is 0.697. The van der Waals surface area contributed by atoms with Crippen LogP contribution in [0, 0.1) is 5.92 Å². The largest absolute Gasteiger partial charge is 0.497 e. The molecule has 8 nitrogen and oxygen atoms in total. The number of ether oxygens (including phenoxy) is 1. The summed E-state index contributed by atoms with van der Waals surface area (Å²) in [5, 5.41) is 0. The molecule has 2 saturated heterocycles. The van der Waals surface area contributed by atoms with E-state index in [1.807, 2.05) is 39.0 Å². The normalized spacial score (nSPS) is 17.7. The number of nitrogens with zero attached hydrogens (tertiary/aromatic N) is 4. The zero-order valence-electron chi connectivity index (χ0n) is 19.6. The Balaban J connectivity index is 1.44. The standard InChI is InChI=1S/C24H36N4O4/c1-25(2)24(31)28-15-11-20(12-16-28)23(30)27-14-4-13-26(17-18-27)22(29)10-7-19-5-8-21(32-3)9-6-19/h5-6,8-9,20H,4,7,10-18H2,1-3H3. The topological polar surface area (TPSA) is 73.4 Å². The Morgan fingerprint density at radius 2 is 1.53 bits per heavy atom. The summed E-state index contributed by atoms with van der Waals surface area (Å²) in [6.07, 6.45) is 3.39. The van der Waals surface area contributed by atoms with E-state index in [-0.39, 0.29) is 23.8 Å². The summed E-state index contributed by atoms with van der Waals surface area (Å²) in [5.74, 6) is 1.10. The van der Waals surface area contributed by atoms with Crippen molar-refractivity contribution in [1.82, 2.24) is 19.6 Å². The monoisotopic (exact) mass is 444 g/mol. The lowest BCUT2D eigenvalue weighted by atomic mass is 9.95. The highest BCUT2D eigenvalue weighted by Gasteiger charge is 2.31. The molecule has 1 aromatic carbocycles. The fraction of sp³-hybridized carbons (Fsp3) is 0.625. The molecule has 176 valence electrons. The maximum Gasteiger partial charge on any atom is 0.319 e. The molecule has 2 aliphatic rings. The molecule has 0 N–H and O–H groups in total. The third kappa shape index (κ3) is 6.14. The first-order valence-electron chi connectivity index (χ1n) is 11.5. The molecule has 0 aromatic heterocycles. The number of hydrogen-bond acceptors (Lipinski definition) is 4. The molecule has 0 atom stereocenters. The summed E-state index contributed by atoms with van der Waals surface area (Å²) in [7, 11) is 5.14. The Hall–Kier alpha value is -2.77. The average Bonchev–Trinajstić information content (AvgIpc) is 3.08. The van der Waals surface area contributed by atoms with Crippen LogP contribution in [0.2, 0.25) is 0 Å². The van der Waals surface area contributed by atoms with Gasteiger partial charge < -0.3 is 24.3 Å². The number of urea groups is 1. The van der Waals surface area contributed by atoms with Gasteiger partial charge in [0.1, 0.15) is 5.75 Å². The number of benzene rings is 1. The van der Waals surface area contributed by atoms with E-state index in [0.29, 0.717) is 65.0 Å². The highest BCUT2D eigenvalue weighted by atomic mass is 16.5. The number of amides is 4.